The molecule has 3 amide bonds. The molecule has 0 radical (unpaired) electrons. The van der Waals surface area contributed by atoms with Gasteiger partial charge in [-0.1, -0.05) is 29.0 Å². The van der Waals surface area contributed by atoms with Gasteiger partial charge in [0.25, 0.3) is 5.91 Å². The molecule has 0 saturated carbocycles. The van der Waals surface area contributed by atoms with Crippen molar-refractivity contribution in [3.8, 4) is 5.75 Å². The van der Waals surface area contributed by atoms with Crippen molar-refractivity contribution in [2.24, 2.45) is 0 Å². The molecule has 0 N–H and O–H groups in total. The van der Waals surface area contributed by atoms with Crippen LogP contribution in [0.4, 0.5) is 10.8 Å². The number of hydrogen-bond donors (Lipinski definition) is 0. The van der Waals surface area contributed by atoms with Crippen molar-refractivity contribution < 1.29 is 19.1 Å². The zero-order valence-corrected chi connectivity index (χ0v) is 20.1. The van der Waals surface area contributed by atoms with E-state index in [0.29, 0.717) is 45.8 Å². The molecule has 1 aliphatic rings. The van der Waals surface area contributed by atoms with Crippen LogP contribution in [0.25, 0.3) is 10.2 Å². The molecule has 8 nitrogen and oxygen atoms in total. The van der Waals surface area contributed by atoms with Crippen LogP contribution in [0.15, 0.2) is 36.4 Å². The first-order chi connectivity index (χ1) is 15.8. The second-order valence-electron chi connectivity index (χ2n) is 7.86. The Morgan fingerprint density at radius 2 is 1.88 bits per heavy atom. The molecule has 33 heavy (non-hydrogen) atoms. The van der Waals surface area contributed by atoms with Gasteiger partial charge in [0.2, 0.25) is 11.8 Å². The van der Waals surface area contributed by atoms with Crippen LogP contribution in [0.3, 0.4) is 0 Å². The SMILES string of the molecule is COc1ccc(Cl)c2sc(N(CCN(C)C)C(=O)c3cccc(N4C(=O)CCC4=O)c3)nc12. The quantitative estimate of drug-likeness (QED) is 0.472. The van der Waals surface area contributed by atoms with Crippen molar-refractivity contribution in [3.05, 3.63) is 47.0 Å². The fourth-order valence-electron chi connectivity index (χ4n) is 3.60. The molecule has 0 spiro atoms. The molecule has 0 aliphatic carbocycles. The Morgan fingerprint density at radius 3 is 2.55 bits per heavy atom. The second-order valence-corrected chi connectivity index (χ2v) is 9.24. The number of aromatic nitrogens is 1. The van der Waals surface area contributed by atoms with Crippen molar-refractivity contribution in [2.75, 3.05) is 44.1 Å². The van der Waals surface area contributed by atoms with E-state index in [9.17, 15) is 14.4 Å². The van der Waals surface area contributed by atoms with Gasteiger partial charge < -0.3 is 9.64 Å². The summed E-state index contributed by atoms with van der Waals surface area (Å²) in [6.07, 6.45) is 0.362. The van der Waals surface area contributed by atoms with Gasteiger partial charge in [-0.05, 0) is 44.4 Å². The van der Waals surface area contributed by atoms with E-state index in [4.69, 9.17) is 16.3 Å². The molecule has 3 aromatic rings. The number of halogens is 1. The predicted molar refractivity (Wildman–Crippen MR) is 130 cm³/mol. The number of rotatable bonds is 7. The van der Waals surface area contributed by atoms with E-state index in [2.05, 4.69) is 4.98 Å². The van der Waals surface area contributed by atoms with Gasteiger partial charge in [-0.15, -0.1) is 0 Å². The number of carbonyl (C=O) groups excluding carboxylic acids is 3. The molecule has 1 aliphatic heterocycles. The Kier molecular flexibility index (Phi) is 6.64. The number of imide groups is 1. The molecule has 2 aromatic carbocycles. The topological polar surface area (TPSA) is 83.0 Å². The lowest BCUT2D eigenvalue weighted by atomic mass is 10.1. The maximum atomic E-state index is 13.6. The summed E-state index contributed by atoms with van der Waals surface area (Å²) in [5.74, 6) is -0.235. The van der Waals surface area contributed by atoms with Gasteiger partial charge in [-0.3, -0.25) is 24.2 Å². The number of thiazole rings is 1. The minimum atomic E-state index is -0.285. The first kappa shape index (κ1) is 23.2. The van der Waals surface area contributed by atoms with Gasteiger partial charge in [-0.2, -0.15) is 0 Å². The molecule has 1 aromatic heterocycles. The highest BCUT2D eigenvalue weighted by Gasteiger charge is 2.31. The third kappa shape index (κ3) is 4.57. The summed E-state index contributed by atoms with van der Waals surface area (Å²) in [7, 11) is 5.40. The molecule has 1 saturated heterocycles. The fourth-order valence-corrected chi connectivity index (χ4v) is 4.88. The monoisotopic (exact) mass is 486 g/mol. The van der Waals surface area contributed by atoms with Crippen LogP contribution in [0, 0.1) is 0 Å². The summed E-state index contributed by atoms with van der Waals surface area (Å²) >= 11 is 7.69. The van der Waals surface area contributed by atoms with Gasteiger partial charge in [-0.25, -0.2) is 4.98 Å². The first-order valence-electron chi connectivity index (χ1n) is 10.4. The molecular weight excluding hydrogens is 464 g/mol. The van der Waals surface area contributed by atoms with E-state index >= 15 is 0 Å². The summed E-state index contributed by atoms with van der Waals surface area (Å²) in [6.45, 7) is 0.993. The highest BCUT2D eigenvalue weighted by Crippen LogP contribution is 2.39. The average Bonchev–Trinajstić information content (AvgIpc) is 3.38. The number of anilines is 2. The number of benzene rings is 2. The minimum absolute atomic E-state index is 0.181. The van der Waals surface area contributed by atoms with Crippen LogP contribution in [-0.2, 0) is 9.59 Å². The molecule has 0 bridgehead atoms. The van der Waals surface area contributed by atoms with Crippen molar-refractivity contribution in [1.82, 2.24) is 9.88 Å². The molecule has 10 heteroatoms. The zero-order chi connectivity index (χ0) is 23.7. The number of likely N-dealkylation sites (N-methyl/N-ethyl adjacent to an activating group) is 1. The smallest absolute Gasteiger partial charge is 0.260 e. The summed E-state index contributed by atoms with van der Waals surface area (Å²) in [6, 6.07) is 10.1. The van der Waals surface area contributed by atoms with Gasteiger partial charge in [0.1, 0.15) is 11.3 Å². The fraction of sp³-hybridized carbons (Fsp3) is 0.304. The largest absolute Gasteiger partial charge is 0.494 e. The van der Waals surface area contributed by atoms with Crippen LogP contribution in [0.1, 0.15) is 23.2 Å². The Balaban J connectivity index is 1.74. The third-order valence-electron chi connectivity index (χ3n) is 5.32. The van der Waals surface area contributed by atoms with Gasteiger partial charge in [0.05, 0.1) is 22.5 Å². The lowest BCUT2D eigenvalue weighted by Gasteiger charge is -2.23. The third-order valence-corrected chi connectivity index (χ3v) is 6.86. The molecule has 172 valence electrons. The van der Waals surface area contributed by atoms with E-state index < -0.39 is 0 Å². The number of ether oxygens (including phenoxy) is 1. The molecule has 4 rings (SSSR count). The van der Waals surface area contributed by atoms with Crippen molar-refractivity contribution in [1.29, 1.82) is 0 Å². The first-order valence-corrected chi connectivity index (χ1v) is 11.5. The number of carbonyl (C=O) groups is 3. The summed E-state index contributed by atoms with van der Waals surface area (Å²) in [4.78, 5) is 47.3. The maximum Gasteiger partial charge on any atom is 0.260 e. The average molecular weight is 487 g/mol. The van der Waals surface area contributed by atoms with Gasteiger partial charge in [0, 0.05) is 31.5 Å². The van der Waals surface area contributed by atoms with E-state index in [0.717, 1.165) is 9.60 Å². The highest BCUT2D eigenvalue weighted by molar-refractivity contribution is 7.23. The van der Waals surface area contributed by atoms with Gasteiger partial charge in [0.15, 0.2) is 5.13 Å². The number of amides is 3. The number of hydrogen-bond acceptors (Lipinski definition) is 7. The van der Waals surface area contributed by atoms with Crippen molar-refractivity contribution in [2.45, 2.75) is 12.8 Å². The van der Waals surface area contributed by atoms with Crippen LogP contribution in [-0.4, -0.2) is 61.9 Å². The summed E-state index contributed by atoms with van der Waals surface area (Å²) in [5.41, 5.74) is 1.35. The van der Waals surface area contributed by atoms with Crippen LogP contribution >= 0.6 is 22.9 Å². The number of methoxy groups -OCH3 is 1. The van der Waals surface area contributed by atoms with Crippen LogP contribution in [0.2, 0.25) is 5.02 Å². The predicted octanol–water partition coefficient (Wildman–Crippen LogP) is 3.82. The minimum Gasteiger partial charge on any atom is -0.494 e. The molecule has 0 unspecified atom stereocenters. The molecular formula is C23H23ClN4O4S. The lowest BCUT2D eigenvalue weighted by Crippen LogP contribution is -2.37. The van der Waals surface area contributed by atoms with Crippen molar-refractivity contribution >= 4 is 61.7 Å². The second kappa shape index (κ2) is 9.46. The van der Waals surface area contributed by atoms with Crippen LogP contribution in [0.5, 0.6) is 5.75 Å². The Labute approximate surface area is 200 Å². The summed E-state index contributed by atoms with van der Waals surface area (Å²) < 4.78 is 6.15. The van der Waals surface area contributed by atoms with E-state index in [1.807, 2.05) is 19.0 Å². The Hall–Kier alpha value is -3.01. The highest BCUT2D eigenvalue weighted by atomic mass is 35.5. The lowest BCUT2D eigenvalue weighted by molar-refractivity contribution is -0.121. The molecule has 0 atom stereocenters. The molecule has 2 heterocycles. The van der Waals surface area contributed by atoms with E-state index in [-0.39, 0.29) is 30.6 Å². The van der Waals surface area contributed by atoms with Crippen LogP contribution < -0.4 is 14.5 Å². The standard InChI is InChI=1S/C23H23ClN4O4S/c1-26(2)11-12-27(23-25-20-17(32-3)8-7-16(24)21(20)33-23)22(31)14-5-4-6-15(13-14)28-18(29)9-10-19(28)30/h4-8,13H,9-12H2,1-3H3. The number of fused-ring (bicyclic) bond motifs is 1. The Morgan fingerprint density at radius 1 is 1.15 bits per heavy atom. The van der Waals surface area contributed by atoms with E-state index in [1.54, 1.807) is 48.4 Å². The normalized spacial score (nSPS) is 13.9. The zero-order valence-electron chi connectivity index (χ0n) is 18.5. The van der Waals surface area contributed by atoms with Gasteiger partial charge >= 0.3 is 0 Å². The summed E-state index contributed by atoms with van der Waals surface area (Å²) in [5, 5.41) is 1.02. The maximum absolute atomic E-state index is 13.6. The van der Waals surface area contributed by atoms with Crippen molar-refractivity contribution in [3.63, 3.8) is 0 Å². The Bertz CT molecular complexity index is 1230. The number of nitrogens with zero attached hydrogens (tertiary/aromatic N) is 4. The van der Waals surface area contributed by atoms with E-state index in [1.165, 1.54) is 11.3 Å². The molecule has 1 fully saturated rings.